The van der Waals surface area contributed by atoms with Crippen molar-refractivity contribution in [1.82, 2.24) is 10.2 Å². The number of nitrogens with zero attached hydrogens (tertiary/aromatic N) is 1. The van der Waals surface area contributed by atoms with Gasteiger partial charge < -0.3 is 10.2 Å². The lowest BCUT2D eigenvalue weighted by atomic mass is 9.97. The zero-order chi connectivity index (χ0) is 18.1. The average molecular weight is 363 g/mol. The van der Waals surface area contributed by atoms with Crippen LogP contribution in [0.2, 0.25) is 5.02 Å². The van der Waals surface area contributed by atoms with E-state index in [0.717, 1.165) is 24.8 Å². The summed E-state index contributed by atoms with van der Waals surface area (Å²) < 4.78 is 0. The molecule has 0 radical (unpaired) electrons. The summed E-state index contributed by atoms with van der Waals surface area (Å²) in [5.74, 6) is -0.190. The summed E-state index contributed by atoms with van der Waals surface area (Å²) in [7, 11) is 0. The van der Waals surface area contributed by atoms with E-state index in [1.165, 1.54) is 25.3 Å². The smallest absolute Gasteiger partial charge is 0.239 e. The van der Waals surface area contributed by atoms with E-state index in [1.54, 1.807) is 4.90 Å². The lowest BCUT2D eigenvalue weighted by molar-refractivity contribution is -0.134. The highest BCUT2D eigenvalue weighted by Gasteiger charge is 2.13. The van der Waals surface area contributed by atoms with Gasteiger partial charge in [0.25, 0.3) is 0 Å². The summed E-state index contributed by atoms with van der Waals surface area (Å²) in [4.78, 5) is 25.5. The zero-order valence-corrected chi connectivity index (χ0v) is 15.6. The molecular weight excluding hydrogens is 336 g/mol. The van der Waals surface area contributed by atoms with Gasteiger partial charge in [0.1, 0.15) is 0 Å². The Morgan fingerprint density at radius 2 is 2.08 bits per heavy atom. The van der Waals surface area contributed by atoms with Gasteiger partial charge in [-0.2, -0.15) is 0 Å². The molecule has 0 aromatic heterocycles. The topological polar surface area (TPSA) is 49.4 Å². The highest BCUT2D eigenvalue weighted by molar-refractivity contribution is 6.30. The van der Waals surface area contributed by atoms with E-state index in [9.17, 15) is 9.59 Å². The predicted molar refractivity (Wildman–Crippen MR) is 102 cm³/mol. The number of nitrogens with one attached hydrogen (secondary N) is 1. The molecule has 0 fully saturated rings. The molecule has 25 heavy (non-hydrogen) atoms. The van der Waals surface area contributed by atoms with Crippen LogP contribution in [-0.2, 0) is 16.0 Å². The molecule has 1 aromatic carbocycles. The maximum atomic E-state index is 12.1. The molecule has 0 unspecified atom stereocenters. The fourth-order valence-electron chi connectivity index (χ4n) is 3.03. The van der Waals surface area contributed by atoms with Crippen LogP contribution in [0.15, 0.2) is 35.9 Å². The first-order chi connectivity index (χ1) is 12.0. The van der Waals surface area contributed by atoms with Crippen molar-refractivity contribution in [2.45, 2.75) is 45.4 Å². The second-order valence-corrected chi connectivity index (χ2v) is 6.97. The maximum absolute atomic E-state index is 12.1. The summed E-state index contributed by atoms with van der Waals surface area (Å²) in [5.41, 5.74) is 2.50. The Labute approximate surface area is 155 Å². The van der Waals surface area contributed by atoms with Gasteiger partial charge in [-0.05, 0) is 56.2 Å². The van der Waals surface area contributed by atoms with Gasteiger partial charge in [-0.1, -0.05) is 35.4 Å². The van der Waals surface area contributed by atoms with Crippen molar-refractivity contribution in [3.8, 4) is 0 Å². The molecule has 1 aliphatic carbocycles. The number of hydrogen-bond donors (Lipinski definition) is 1. The third-order valence-electron chi connectivity index (χ3n) is 4.49. The average Bonchev–Trinajstić information content (AvgIpc) is 2.59. The van der Waals surface area contributed by atoms with Crippen LogP contribution in [0, 0.1) is 0 Å². The lowest BCUT2D eigenvalue weighted by Crippen LogP contribution is -2.41. The summed E-state index contributed by atoms with van der Waals surface area (Å²) in [6, 6.07) is 7.57. The van der Waals surface area contributed by atoms with Gasteiger partial charge in [0.15, 0.2) is 0 Å². The minimum absolute atomic E-state index is 0.0906. The molecule has 2 amide bonds. The molecular formula is C20H27ClN2O2. The van der Waals surface area contributed by atoms with Crippen molar-refractivity contribution >= 4 is 23.4 Å². The number of halogens is 1. The minimum atomic E-state index is -0.0993. The highest BCUT2D eigenvalue weighted by Crippen LogP contribution is 2.19. The van der Waals surface area contributed by atoms with Gasteiger partial charge in [0.2, 0.25) is 11.8 Å². The molecule has 0 spiro atoms. The molecule has 1 aliphatic rings. The summed E-state index contributed by atoms with van der Waals surface area (Å²) >= 11 is 5.98. The van der Waals surface area contributed by atoms with Crippen molar-refractivity contribution in [3.63, 3.8) is 0 Å². The minimum Gasteiger partial charge on any atom is -0.354 e. The third-order valence-corrected chi connectivity index (χ3v) is 4.73. The summed E-state index contributed by atoms with van der Waals surface area (Å²) in [6.45, 7) is 2.76. The molecule has 136 valence electrons. The Bertz CT molecular complexity index is 628. The Kier molecular flexibility index (Phi) is 7.99. The van der Waals surface area contributed by atoms with E-state index in [4.69, 9.17) is 11.6 Å². The van der Waals surface area contributed by atoms with Crippen LogP contribution in [0.5, 0.6) is 0 Å². The first-order valence-electron chi connectivity index (χ1n) is 8.99. The first-order valence-corrected chi connectivity index (χ1v) is 9.37. The van der Waals surface area contributed by atoms with Gasteiger partial charge in [0, 0.05) is 25.0 Å². The maximum Gasteiger partial charge on any atom is 0.239 e. The van der Waals surface area contributed by atoms with E-state index < -0.39 is 0 Å². The number of allylic oxidation sites excluding steroid dienone is 1. The van der Waals surface area contributed by atoms with Gasteiger partial charge in [-0.15, -0.1) is 0 Å². The zero-order valence-electron chi connectivity index (χ0n) is 14.9. The third kappa shape index (κ3) is 7.30. The molecule has 0 bridgehead atoms. The molecule has 5 heteroatoms. The molecule has 0 saturated carbocycles. The van der Waals surface area contributed by atoms with E-state index >= 15 is 0 Å². The standard InChI is InChI=1S/C20H27ClN2O2/c1-16(24)23(13-11-18-8-5-9-19(21)14-18)15-20(25)22-12-10-17-6-3-2-4-7-17/h5-6,8-9,14H,2-4,7,10-13,15H2,1H3,(H,22,25). The lowest BCUT2D eigenvalue weighted by Gasteiger charge is -2.21. The van der Waals surface area contributed by atoms with Crippen LogP contribution in [-0.4, -0.2) is 36.3 Å². The van der Waals surface area contributed by atoms with E-state index in [0.29, 0.717) is 24.5 Å². The molecule has 2 rings (SSSR count). The SMILES string of the molecule is CC(=O)N(CCc1cccc(Cl)c1)CC(=O)NCCC1=CCCCC1. The van der Waals surface area contributed by atoms with E-state index in [1.807, 2.05) is 24.3 Å². The number of amides is 2. The second-order valence-electron chi connectivity index (χ2n) is 6.53. The van der Waals surface area contributed by atoms with Crippen LogP contribution < -0.4 is 5.32 Å². The van der Waals surface area contributed by atoms with Crippen LogP contribution in [0.4, 0.5) is 0 Å². The Balaban J connectivity index is 1.74. The van der Waals surface area contributed by atoms with Gasteiger partial charge in [-0.25, -0.2) is 0 Å². The number of benzene rings is 1. The van der Waals surface area contributed by atoms with Crippen LogP contribution >= 0.6 is 11.6 Å². The quantitative estimate of drug-likeness (QED) is 0.716. The summed E-state index contributed by atoms with van der Waals surface area (Å²) in [6.07, 6.45) is 8.72. The Morgan fingerprint density at radius 3 is 2.76 bits per heavy atom. The van der Waals surface area contributed by atoms with Crippen molar-refractivity contribution < 1.29 is 9.59 Å². The van der Waals surface area contributed by atoms with Crippen LogP contribution in [0.1, 0.15) is 44.6 Å². The second kappa shape index (κ2) is 10.2. The largest absolute Gasteiger partial charge is 0.354 e. The molecule has 1 N–H and O–H groups in total. The van der Waals surface area contributed by atoms with Crippen LogP contribution in [0.25, 0.3) is 0 Å². The van der Waals surface area contributed by atoms with Gasteiger partial charge >= 0.3 is 0 Å². The molecule has 0 heterocycles. The molecule has 1 aromatic rings. The Morgan fingerprint density at radius 1 is 1.24 bits per heavy atom. The molecule has 0 saturated heterocycles. The fraction of sp³-hybridized carbons (Fsp3) is 0.500. The number of carbonyl (C=O) groups excluding carboxylic acids is 2. The van der Waals surface area contributed by atoms with Gasteiger partial charge in [-0.3, -0.25) is 9.59 Å². The monoisotopic (exact) mass is 362 g/mol. The van der Waals surface area contributed by atoms with E-state index in [2.05, 4.69) is 11.4 Å². The normalized spacial score (nSPS) is 13.9. The Hall–Kier alpha value is -1.81. The molecule has 0 aliphatic heterocycles. The summed E-state index contributed by atoms with van der Waals surface area (Å²) in [5, 5.41) is 3.61. The first kappa shape index (κ1) is 19.5. The number of carbonyl (C=O) groups is 2. The van der Waals surface area contributed by atoms with Gasteiger partial charge in [0.05, 0.1) is 6.54 Å². The number of hydrogen-bond acceptors (Lipinski definition) is 2. The van der Waals surface area contributed by atoms with Crippen molar-refractivity contribution in [2.24, 2.45) is 0 Å². The van der Waals surface area contributed by atoms with Crippen LogP contribution in [0.3, 0.4) is 0 Å². The molecule has 4 nitrogen and oxygen atoms in total. The number of rotatable bonds is 8. The predicted octanol–water partition coefficient (Wildman–Crippen LogP) is 3.74. The van der Waals surface area contributed by atoms with Crippen molar-refractivity contribution in [3.05, 3.63) is 46.5 Å². The fourth-order valence-corrected chi connectivity index (χ4v) is 3.24. The van der Waals surface area contributed by atoms with E-state index in [-0.39, 0.29) is 18.4 Å². The van der Waals surface area contributed by atoms with Crippen molar-refractivity contribution in [1.29, 1.82) is 0 Å². The van der Waals surface area contributed by atoms with Crippen molar-refractivity contribution in [2.75, 3.05) is 19.6 Å². The molecule has 0 atom stereocenters. The highest BCUT2D eigenvalue weighted by atomic mass is 35.5.